The van der Waals surface area contributed by atoms with Gasteiger partial charge < -0.3 is 15.0 Å². The first-order valence-electron chi connectivity index (χ1n) is 9.25. The minimum absolute atomic E-state index is 0.139. The molecule has 2 heterocycles. The summed E-state index contributed by atoms with van der Waals surface area (Å²) in [6.07, 6.45) is 8.21. The first-order chi connectivity index (χ1) is 11.6. The van der Waals surface area contributed by atoms with Crippen LogP contribution in [0.3, 0.4) is 0 Å². The van der Waals surface area contributed by atoms with Gasteiger partial charge in [-0.2, -0.15) is 5.10 Å². The molecule has 1 aromatic heterocycles. The van der Waals surface area contributed by atoms with E-state index in [2.05, 4.69) is 24.3 Å². The molecule has 1 amide bonds. The number of carbonyl (C=O) groups excluding carboxylic acids is 1. The largest absolute Gasteiger partial charge is 0.378 e. The van der Waals surface area contributed by atoms with Crippen LogP contribution in [0.25, 0.3) is 0 Å². The normalized spacial score (nSPS) is 30.5. The molecule has 0 aromatic carbocycles. The van der Waals surface area contributed by atoms with Crippen molar-refractivity contribution < 1.29 is 9.53 Å². The summed E-state index contributed by atoms with van der Waals surface area (Å²) in [5.41, 5.74) is 1.15. The van der Waals surface area contributed by atoms with Crippen LogP contribution >= 0.6 is 0 Å². The van der Waals surface area contributed by atoms with Gasteiger partial charge in [-0.1, -0.05) is 0 Å². The second kappa shape index (κ2) is 7.66. The van der Waals surface area contributed by atoms with Crippen molar-refractivity contribution >= 4 is 5.91 Å². The molecular weight excluding hydrogens is 304 g/mol. The third-order valence-corrected chi connectivity index (χ3v) is 5.40. The van der Waals surface area contributed by atoms with E-state index in [1.54, 1.807) is 0 Å². The van der Waals surface area contributed by atoms with Crippen LogP contribution < -0.4 is 5.32 Å². The second-order valence-corrected chi connectivity index (χ2v) is 7.02. The Bertz CT molecular complexity index is 553. The van der Waals surface area contributed by atoms with Gasteiger partial charge in [-0.25, -0.2) is 0 Å². The van der Waals surface area contributed by atoms with Gasteiger partial charge in [-0.15, -0.1) is 0 Å². The molecule has 3 rings (SSSR count). The number of hydrogen-bond donors (Lipinski definition) is 1. The molecule has 6 nitrogen and oxygen atoms in total. The molecule has 1 aromatic rings. The molecule has 0 spiro atoms. The van der Waals surface area contributed by atoms with E-state index in [0.717, 1.165) is 44.5 Å². The van der Waals surface area contributed by atoms with Crippen molar-refractivity contribution in [2.75, 3.05) is 19.7 Å². The minimum Gasteiger partial charge on any atom is -0.378 e. The van der Waals surface area contributed by atoms with Crippen LogP contribution in [0.5, 0.6) is 0 Å². The zero-order valence-electron chi connectivity index (χ0n) is 15.1. The van der Waals surface area contributed by atoms with Crippen molar-refractivity contribution in [2.24, 2.45) is 13.0 Å². The summed E-state index contributed by atoms with van der Waals surface area (Å²) in [5, 5.41) is 8.01. The number of ether oxygens (including phenoxy) is 1. The Morgan fingerprint density at radius 1 is 1.38 bits per heavy atom. The molecule has 0 bridgehead atoms. The highest BCUT2D eigenvalue weighted by Crippen LogP contribution is 2.36. The van der Waals surface area contributed by atoms with E-state index in [9.17, 15) is 4.79 Å². The molecular formula is C18H30N4O2. The fourth-order valence-electron chi connectivity index (χ4n) is 4.07. The van der Waals surface area contributed by atoms with E-state index in [0.29, 0.717) is 24.5 Å². The van der Waals surface area contributed by atoms with Crippen LogP contribution in [-0.4, -0.2) is 52.4 Å². The molecule has 2 fully saturated rings. The van der Waals surface area contributed by atoms with Crippen molar-refractivity contribution in [2.45, 2.75) is 57.7 Å². The summed E-state index contributed by atoms with van der Waals surface area (Å²) in [6.45, 7) is 6.63. The summed E-state index contributed by atoms with van der Waals surface area (Å²) in [7, 11) is 1.93. The average molecular weight is 334 g/mol. The van der Waals surface area contributed by atoms with E-state index in [1.807, 2.05) is 29.0 Å². The van der Waals surface area contributed by atoms with Crippen molar-refractivity contribution in [1.29, 1.82) is 0 Å². The zero-order chi connectivity index (χ0) is 17.1. The maximum atomic E-state index is 12.3. The molecule has 1 N–H and O–H groups in total. The van der Waals surface area contributed by atoms with E-state index in [1.165, 1.54) is 0 Å². The Hall–Kier alpha value is -1.40. The Morgan fingerprint density at radius 2 is 2.17 bits per heavy atom. The fourth-order valence-corrected chi connectivity index (χ4v) is 4.07. The number of rotatable bonds is 7. The van der Waals surface area contributed by atoms with Crippen LogP contribution in [0.1, 0.15) is 51.1 Å². The first kappa shape index (κ1) is 17.4. The van der Waals surface area contributed by atoms with Crippen LogP contribution in [-0.2, 0) is 16.6 Å². The van der Waals surface area contributed by atoms with E-state index in [-0.39, 0.29) is 11.9 Å². The molecule has 24 heavy (non-hydrogen) atoms. The van der Waals surface area contributed by atoms with Crippen LogP contribution in [0.4, 0.5) is 0 Å². The number of aryl methyl sites for hydroxylation is 1. The highest BCUT2D eigenvalue weighted by molar-refractivity contribution is 5.77. The monoisotopic (exact) mass is 334 g/mol. The zero-order valence-corrected chi connectivity index (χ0v) is 15.1. The van der Waals surface area contributed by atoms with Gasteiger partial charge in [-0.05, 0) is 39.0 Å². The molecule has 2 aliphatic rings. The quantitative estimate of drug-likeness (QED) is 0.827. The number of aromatic nitrogens is 2. The number of piperidine rings is 1. The van der Waals surface area contributed by atoms with Crippen molar-refractivity contribution in [1.82, 2.24) is 20.0 Å². The van der Waals surface area contributed by atoms with E-state index < -0.39 is 0 Å². The molecule has 6 heteroatoms. The lowest BCUT2D eigenvalue weighted by atomic mass is 9.83. The van der Waals surface area contributed by atoms with Crippen molar-refractivity contribution in [3.05, 3.63) is 18.0 Å². The summed E-state index contributed by atoms with van der Waals surface area (Å²) in [6, 6.07) is 0.698. The molecule has 1 aliphatic heterocycles. The third kappa shape index (κ3) is 3.64. The fraction of sp³-hybridized carbons (Fsp3) is 0.778. The van der Waals surface area contributed by atoms with Crippen molar-refractivity contribution in [3.8, 4) is 0 Å². The van der Waals surface area contributed by atoms with E-state index >= 15 is 0 Å². The number of amides is 1. The van der Waals surface area contributed by atoms with Gasteiger partial charge >= 0.3 is 0 Å². The standard InChI is InChI=1S/C18H30N4O2/c1-4-22-17(23)7-6-13(18(22)14-11-20-21(3)12-14)10-19-15-8-16(9-15)24-5-2/h11-13,15-16,18-19H,4-10H2,1-3H3/t13-,15?,16?,18+/m1/s1. The Labute approximate surface area is 144 Å². The van der Waals surface area contributed by atoms with Gasteiger partial charge in [0, 0.05) is 51.0 Å². The molecule has 0 unspecified atom stereocenters. The number of hydrogen-bond acceptors (Lipinski definition) is 4. The maximum Gasteiger partial charge on any atom is 0.223 e. The molecule has 1 aliphatic carbocycles. The molecule has 1 saturated heterocycles. The molecule has 2 atom stereocenters. The average Bonchev–Trinajstić information content (AvgIpc) is 2.96. The SMILES string of the molecule is CCOC1CC(NC[C@H]2CCC(=O)N(CC)[C@@H]2c2cnn(C)c2)C1. The van der Waals surface area contributed by atoms with Gasteiger partial charge in [0.05, 0.1) is 18.3 Å². The topological polar surface area (TPSA) is 59.4 Å². The van der Waals surface area contributed by atoms with Gasteiger partial charge in [0.1, 0.15) is 0 Å². The molecule has 0 radical (unpaired) electrons. The number of nitrogens with zero attached hydrogens (tertiary/aromatic N) is 3. The Morgan fingerprint density at radius 3 is 2.79 bits per heavy atom. The first-order valence-corrected chi connectivity index (χ1v) is 9.25. The predicted octanol–water partition coefficient (Wildman–Crippen LogP) is 1.88. The second-order valence-electron chi connectivity index (χ2n) is 7.02. The molecule has 134 valence electrons. The summed E-state index contributed by atoms with van der Waals surface area (Å²) in [5.74, 6) is 0.709. The van der Waals surface area contributed by atoms with Gasteiger partial charge in [-0.3, -0.25) is 9.48 Å². The smallest absolute Gasteiger partial charge is 0.223 e. The van der Waals surface area contributed by atoms with Gasteiger partial charge in [0.25, 0.3) is 0 Å². The lowest BCUT2D eigenvalue weighted by Gasteiger charge is -2.42. The predicted molar refractivity (Wildman–Crippen MR) is 92.5 cm³/mol. The maximum absolute atomic E-state index is 12.3. The van der Waals surface area contributed by atoms with Gasteiger partial charge in [0.15, 0.2) is 0 Å². The van der Waals surface area contributed by atoms with Crippen molar-refractivity contribution in [3.63, 3.8) is 0 Å². The highest BCUT2D eigenvalue weighted by atomic mass is 16.5. The number of nitrogens with one attached hydrogen (secondary N) is 1. The van der Waals surface area contributed by atoms with Crippen LogP contribution in [0.2, 0.25) is 0 Å². The van der Waals surface area contributed by atoms with Crippen LogP contribution in [0, 0.1) is 5.92 Å². The summed E-state index contributed by atoms with van der Waals surface area (Å²) < 4.78 is 7.46. The Balaban J connectivity index is 1.63. The minimum atomic E-state index is 0.139. The lowest BCUT2D eigenvalue weighted by molar-refractivity contribution is -0.138. The summed E-state index contributed by atoms with van der Waals surface area (Å²) in [4.78, 5) is 14.4. The molecule has 1 saturated carbocycles. The Kier molecular flexibility index (Phi) is 5.56. The van der Waals surface area contributed by atoms with Crippen LogP contribution in [0.15, 0.2) is 12.4 Å². The van der Waals surface area contributed by atoms with E-state index in [4.69, 9.17) is 4.74 Å². The number of carbonyl (C=O) groups is 1. The summed E-state index contributed by atoms with van der Waals surface area (Å²) >= 11 is 0. The third-order valence-electron chi connectivity index (χ3n) is 5.40. The lowest BCUT2D eigenvalue weighted by Crippen LogP contribution is -2.50. The number of likely N-dealkylation sites (tertiary alicyclic amines) is 1. The highest BCUT2D eigenvalue weighted by Gasteiger charge is 2.37. The van der Waals surface area contributed by atoms with Gasteiger partial charge in [0.2, 0.25) is 5.91 Å².